The Labute approximate surface area is 108 Å². The average Bonchev–Trinajstić information content (AvgIpc) is 3.13. The molecule has 102 valence electrons. The van der Waals surface area contributed by atoms with E-state index >= 15 is 0 Å². The normalized spacial score (nSPS) is 20.8. The molecule has 2 fully saturated rings. The van der Waals surface area contributed by atoms with Crippen molar-refractivity contribution in [1.29, 1.82) is 0 Å². The lowest BCUT2D eigenvalue weighted by atomic mass is 10.2. The summed E-state index contributed by atoms with van der Waals surface area (Å²) in [5.41, 5.74) is 0. The van der Waals surface area contributed by atoms with Gasteiger partial charge in [0.1, 0.15) is 0 Å². The van der Waals surface area contributed by atoms with Gasteiger partial charge in [0.2, 0.25) is 11.8 Å². The molecule has 1 N–H and O–H groups in total. The predicted molar refractivity (Wildman–Crippen MR) is 69.0 cm³/mol. The molecule has 0 aromatic rings. The van der Waals surface area contributed by atoms with Gasteiger partial charge in [-0.1, -0.05) is 0 Å². The van der Waals surface area contributed by atoms with Crippen molar-refractivity contribution < 1.29 is 9.59 Å². The van der Waals surface area contributed by atoms with Crippen LogP contribution in [-0.4, -0.2) is 61.4 Å². The molecule has 5 heteroatoms. The van der Waals surface area contributed by atoms with E-state index in [-0.39, 0.29) is 11.8 Å². The Balaban J connectivity index is 1.57. The zero-order chi connectivity index (χ0) is 13.0. The first kappa shape index (κ1) is 13.3. The Morgan fingerprint density at radius 3 is 2.44 bits per heavy atom. The number of hydrogen-bond donors (Lipinski definition) is 1. The van der Waals surface area contributed by atoms with Gasteiger partial charge >= 0.3 is 0 Å². The Bertz CT molecular complexity index is 307. The van der Waals surface area contributed by atoms with Crippen LogP contribution in [0.1, 0.15) is 25.7 Å². The molecule has 0 bridgehead atoms. The van der Waals surface area contributed by atoms with E-state index in [1.807, 2.05) is 4.90 Å². The third-order valence-corrected chi connectivity index (χ3v) is 3.69. The molecule has 18 heavy (non-hydrogen) atoms. The lowest BCUT2D eigenvalue weighted by Crippen LogP contribution is -2.47. The van der Waals surface area contributed by atoms with E-state index in [9.17, 15) is 9.59 Å². The maximum absolute atomic E-state index is 11.9. The van der Waals surface area contributed by atoms with Crippen LogP contribution in [0.3, 0.4) is 0 Å². The molecular formula is C13H23N3O2. The van der Waals surface area contributed by atoms with Gasteiger partial charge in [-0.15, -0.1) is 0 Å². The van der Waals surface area contributed by atoms with E-state index in [0.717, 1.165) is 26.2 Å². The van der Waals surface area contributed by atoms with Crippen LogP contribution >= 0.6 is 0 Å². The first-order valence-electron chi connectivity index (χ1n) is 6.88. The third-order valence-electron chi connectivity index (χ3n) is 3.69. The number of hydrogen-bond acceptors (Lipinski definition) is 3. The predicted octanol–water partition coefficient (Wildman–Crippen LogP) is 0.0668. The van der Waals surface area contributed by atoms with Crippen molar-refractivity contribution in [2.75, 3.05) is 39.8 Å². The minimum Gasteiger partial charge on any atom is -0.356 e. The fourth-order valence-electron chi connectivity index (χ4n) is 2.18. The minimum atomic E-state index is 0.101. The summed E-state index contributed by atoms with van der Waals surface area (Å²) >= 11 is 0. The summed E-state index contributed by atoms with van der Waals surface area (Å²) in [5.74, 6) is 0.872. The topological polar surface area (TPSA) is 52.6 Å². The number of amides is 2. The maximum Gasteiger partial charge on any atom is 0.224 e. The summed E-state index contributed by atoms with van der Waals surface area (Å²) in [6.07, 6.45) is 3.45. The Morgan fingerprint density at radius 1 is 1.17 bits per heavy atom. The van der Waals surface area contributed by atoms with Gasteiger partial charge in [-0.05, 0) is 25.8 Å². The maximum atomic E-state index is 11.9. The molecule has 1 saturated heterocycles. The van der Waals surface area contributed by atoms with Crippen LogP contribution in [0.25, 0.3) is 0 Å². The summed E-state index contributed by atoms with van der Waals surface area (Å²) in [6, 6.07) is 0. The molecule has 1 saturated carbocycles. The van der Waals surface area contributed by atoms with Crippen LogP contribution in [0, 0.1) is 5.92 Å². The van der Waals surface area contributed by atoms with E-state index in [1.165, 1.54) is 12.8 Å². The summed E-state index contributed by atoms with van der Waals surface area (Å²) < 4.78 is 0. The summed E-state index contributed by atoms with van der Waals surface area (Å²) in [4.78, 5) is 27.4. The fraction of sp³-hybridized carbons (Fsp3) is 0.846. The first-order valence-corrected chi connectivity index (χ1v) is 6.88. The highest BCUT2D eigenvalue weighted by atomic mass is 16.2. The molecule has 0 atom stereocenters. The Morgan fingerprint density at radius 2 is 1.83 bits per heavy atom. The van der Waals surface area contributed by atoms with E-state index < -0.39 is 0 Å². The number of likely N-dealkylation sites (N-methyl/N-ethyl adjacent to an activating group) is 1. The molecule has 0 aromatic carbocycles. The number of carbonyl (C=O) groups excluding carboxylic acids is 2. The molecular weight excluding hydrogens is 230 g/mol. The number of rotatable bonds is 5. The van der Waals surface area contributed by atoms with Gasteiger partial charge in [-0.2, -0.15) is 0 Å². The lowest BCUT2D eigenvalue weighted by molar-refractivity contribution is -0.132. The minimum absolute atomic E-state index is 0.101. The lowest BCUT2D eigenvalue weighted by Gasteiger charge is -2.32. The fourth-order valence-corrected chi connectivity index (χ4v) is 2.18. The SMILES string of the molecule is CN1CCN(C(=O)CCNC(=O)CC2CC2)CC1. The van der Waals surface area contributed by atoms with Crippen molar-refractivity contribution in [3.8, 4) is 0 Å². The molecule has 5 nitrogen and oxygen atoms in total. The molecule has 0 unspecified atom stereocenters. The second-order valence-electron chi connectivity index (χ2n) is 5.43. The van der Waals surface area contributed by atoms with Gasteiger partial charge < -0.3 is 15.1 Å². The van der Waals surface area contributed by atoms with Gasteiger partial charge in [0.25, 0.3) is 0 Å². The van der Waals surface area contributed by atoms with Crippen LogP contribution < -0.4 is 5.32 Å². The van der Waals surface area contributed by atoms with Crippen LogP contribution in [0.15, 0.2) is 0 Å². The number of nitrogens with one attached hydrogen (secondary N) is 1. The number of piperazine rings is 1. The molecule has 0 spiro atoms. The number of carbonyl (C=O) groups is 2. The summed E-state index contributed by atoms with van der Waals surface area (Å²) in [5, 5.41) is 2.84. The van der Waals surface area contributed by atoms with Gasteiger partial charge in [0.05, 0.1) is 0 Å². The van der Waals surface area contributed by atoms with Crippen LogP contribution in [0.4, 0.5) is 0 Å². The third kappa shape index (κ3) is 4.29. The zero-order valence-electron chi connectivity index (χ0n) is 11.2. The van der Waals surface area contributed by atoms with Crippen LogP contribution in [0.5, 0.6) is 0 Å². The largest absolute Gasteiger partial charge is 0.356 e. The van der Waals surface area contributed by atoms with E-state index in [0.29, 0.717) is 25.3 Å². The highest BCUT2D eigenvalue weighted by molar-refractivity contribution is 5.79. The van der Waals surface area contributed by atoms with Gasteiger partial charge in [0.15, 0.2) is 0 Å². The van der Waals surface area contributed by atoms with E-state index in [1.54, 1.807) is 0 Å². The van der Waals surface area contributed by atoms with Crippen molar-refractivity contribution in [2.24, 2.45) is 5.92 Å². The number of nitrogens with zero attached hydrogens (tertiary/aromatic N) is 2. The zero-order valence-corrected chi connectivity index (χ0v) is 11.2. The molecule has 0 radical (unpaired) electrons. The monoisotopic (exact) mass is 253 g/mol. The van der Waals surface area contributed by atoms with Gasteiger partial charge in [-0.25, -0.2) is 0 Å². The summed E-state index contributed by atoms with van der Waals surface area (Å²) in [7, 11) is 2.07. The summed E-state index contributed by atoms with van der Waals surface area (Å²) in [6.45, 7) is 3.99. The molecule has 2 rings (SSSR count). The molecule has 1 aliphatic heterocycles. The quantitative estimate of drug-likeness (QED) is 0.754. The Kier molecular flexibility index (Phi) is 4.58. The molecule has 2 aliphatic rings. The Hall–Kier alpha value is -1.10. The molecule has 0 aromatic heterocycles. The van der Waals surface area contributed by atoms with E-state index in [4.69, 9.17) is 0 Å². The van der Waals surface area contributed by atoms with Crippen LogP contribution in [0.2, 0.25) is 0 Å². The highest BCUT2D eigenvalue weighted by Crippen LogP contribution is 2.31. The van der Waals surface area contributed by atoms with Crippen LogP contribution in [-0.2, 0) is 9.59 Å². The average molecular weight is 253 g/mol. The molecule has 1 heterocycles. The first-order chi connectivity index (χ1) is 8.65. The second-order valence-corrected chi connectivity index (χ2v) is 5.43. The smallest absolute Gasteiger partial charge is 0.224 e. The molecule has 2 amide bonds. The second kappa shape index (κ2) is 6.18. The van der Waals surface area contributed by atoms with E-state index in [2.05, 4.69) is 17.3 Å². The molecule has 1 aliphatic carbocycles. The van der Waals surface area contributed by atoms with Crippen molar-refractivity contribution in [3.05, 3.63) is 0 Å². The van der Waals surface area contributed by atoms with Gasteiger partial charge in [0, 0.05) is 45.6 Å². The van der Waals surface area contributed by atoms with Gasteiger partial charge in [-0.3, -0.25) is 9.59 Å². The van der Waals surface area contributed by atoms with Crippen molar-refractivity contribution in [1.82, 2.24) is 15.1 Å². The van der Waals surface area contributed by atoms with Crippen molar-refractivity contribution >= 4 is 11.8 Å². The highest BCUT2D eigenvalue weighted by Gasteiger charge is 2.24. The standard InChI is InChI=1S/C13H23N3O2/c1-15-6-8-16(9-7-15)13(18)4-5-14-12(17)10-11-2-3-11/h11H,2-10H2,1H3,(H,14,17). The van der Waals surface area contributed by atoms with Crippen molar-refractivity contribution in [2.45, 2.75) is 25.7 Å². The van der Waals surface area contributed by atoms with Crippen molar-refractivity contribution in [3.63, 3.8) is 0 Å².